The average Bonchev–Trinajstić information content (AvgIpc) is 2.15. The molecule has 0 aliphatic rings. The van der Waals surface area contributed by atoms with Crippen molar-refractivity contribution in [2.24, 2.45) is 5.73 Å². The maximum absolute atomic E-state index is 11.2. The van der Waals surface area contributed by atoms with Crippen molar-refractivity contribution < 1.29 is 9.53 Å². The largest absolute Gasteiger partial charge is 0.463 e. The molecule has 0 aromatic rings. The zero-order chi connectivity index (χ0) is 10.8. The van der Waals surface area contributed by atoms with E-state index in [-0.39, 0.29) is 30.8 Å². The lowest BCUT2D eigenvalue weighted by atomic mass is 10.6. The molecular weight excluding hydrogens is 291 g/mol. The minimum atomic E-state index is -0.211. The van der Waals surface area contributed by atoms with Crippen LogP contribution in [0.3, 0.4) is 0 Å². The van der Waals surface area contributed by atoms with Gasteiger partial charge in [0.25, 0.3) is 0 Å². The Morgan fingerprint density at radius 1 is 1.25 bits per heavy atom. The van der Waals surface area contributed by atoms with Gasteiger partial charge in [0.2, 0.25) is 0 Å². The molecule has 0 aromatic carbocycles. The summed E-state index contributed by atoms with van der Waals surface area (Å²) in [5.41, 5.74) is 5.22. The third kappa shape index (κ3) is 12.7. The van der Waals surface area contributed by atoms with Gasteiger partial charge in [-0.1, -0.05) is 37.7 Å². The molecule has 0 unspecified atom stereocenters. The SMILES string of the molecule is CCSN(CC(=O)OCCN)SCC.Cl.Cl. The van der Waals surface area contributed by atoms with Crippen LogP contribution in [0.1, 0.15) is 13.8 Å². The first kappa shape index (κ1) is 21.9. The van der Waals surface area contributed by atoms with Crippen molar-refractivity contribution in [2.75, 3.05) is 31.2 Å². The van der Waals surface area contributed by atoms with Crippen LogP contribution in [0.5, 0.6) is 0 Å². The summed E-state index contributed by atoms with van der Waals surface area (Å²) in [6, 6.07) is 0. The molecule has 2 N–H and O–H groups in total. The van der Waals surface area contributed by atoms with E-state index in [1.165, 1.54) is 0 Å². The van der Waals surface area contributed by atoms with Crippen LogP contribution in [0, 0.1) is 0 Å². The van der Waals surface area contributed by atoms with E-state index in [1.54, 1.807) is 23.9 Å². The Balaban J connectivity index is -0.000000845. The van der Waals surface area contributed by atoms with Gasteiger partial charge in [-0.3, -0.25) is 4.79 Å². The summed E-state index contributed by atoms with van der Waals surface area (Å²) in [6.07, 6.45) is 0. The zero-order valence-electron chi connectivity index (χ0n) is 9.51. The molecule has 0 radical (unpaired) electrons. The molecule has 0 atom stereocenters. The molecule has 0 aromatic heterocycles. The summed E-state index contributed by atoms with van der Waals surface area (Å²) in [6.45, 7) is 5.11. The molecule has 0 saturated heterocycles. The van der Waals surface area contributed by atoms with Crippen LogP contribution >= 0.6 is 48.7 Å². The molecule has 0 amide bonds. The third-order valence-electron chi connectivity index (χ3n) is 1.19. The highest BCUT2D eigenvalue weighted by molar-refractivity contribution is 8.12. The molecule has 0 bridgehead atoms. The molecule has 0 aliphatic carbocycles. The molecule has 16 heavy (non-hydrogen) atoms. The molecular formula is C8H20Cl2N2O2S2. The Hall–Kier alpha value is 0.670. The normalized spacial score (nSPS) is 9.25. The van der Waals surface area contributed by atoms with Gasteiger partial charge >= 0.3 is 5.97 Å². The third-order valence-corrected chi connectivity index (χ3v) is 3.17. The second-order valence-electron chi connectivity index (χ2n) is 2.34. The highest BCUT2D eigenvalue weighted by Gasteiger charge is 2.11. The molecule has 0 fully saturated rings. The van der Waals surface area contributed by atoms with Crippen molar-refractivity contribution in [1.29, 1.82) is 0 Å². The van der Waals surface area contributed by atoms with Gasteiger partial charge in [0.05, 0.1) is 0 Å². The zero-order valence-corrected chi connectivity index (χ0v) is 12.8. The summed E-state index contributed by atoms with van der Waals surface area (Å²) >= 11 is 3.25. The first-order valence-corrected chi connectivity index (χ1v) is 6.52. The Morgan fingerprint density at radius 3 is 2.12 bits per heavy atom. The van der Waals surface area contributed by atoms with Gasteiger partial charge in [-0.15, -0.1) is 24.8 Å². The summed E-state index contributed by atoms with van der Waals surface area (Å²) < 4.78 is 6.83. The Kier molecular flexibility index (Phi) is 21.5. The van der Waals surface area contributed by atoms with E-state index in [1.807, 2.05) is 3.71 Å². The van der Waals surface area contributed by atoms with Gasteiger partial charge in [0.15, 0.2) is 0 Å². The molecule has 8 heteroatoms. The van der Waals surface area contributed by atoms with Crippen molar-refractivity contribution in [3.05, 3.63) is 0 Å². The molecule has 100 valence electrons. The highest BCUT2D eigenvalue weighted by atomic mass is 35.5. The standard InChI is InChI=1S/C8H18N2O2S2.2ClH/c1-3-13-10(14-4-2)7-8(11)12-6-5-9;;/h3-7,9H2,1-2H3;2*1H. The molecule has 4 nitrogen and oxygen atoms in total. The van der Waals surface area contributed by atoms with Crippen LogP contribution in [-0.4, -0.2) is 40.9 Å². The van der Waals surface area contributed by atoms with Crippen LogP contribution in [0.4, 0.5) is 0 Å². The number of nitrogens with zero attached hydrogens (tertiary/aromatic N) is 1. The fourth-order valence-electron chi connectivity index (χ4n) is 0.740. The molecule has 0 heterocycles. The molecule has 0 rings (SSSR count). The predicted molar refractivity (Wildman–Crippen MR) is 77.5 cm³/mol. The molecule has 0 spiro atoms. The van der Waals surface area contributed by atoms with Crippen molar-refractivity contribution in [3.63, 3.8) is 0 Å². The number of esters is 1. The van der Waals surface area contributed by atoms with E-state index in [2.05, 4.69) is 13.8 Å². The average molecular weight is 311 g/mol. The predicted octanol–water partition coefficient (Wildman–Crippen LogP) is 1.97. The number of rotatable bonds is 8. The summed E-state index contributed by atoms with van der Waals surface area (Å²) in [4.78, 5) is 11.2. The lowest BCUT2D eigenvalue weighted by Gasteiger charge is -2.16. The van der Waals surface area contributed by atoms with Gasteiger partial charge in [-0.2, -0.15) is 3.71 Å². The molecule has 0 saturated carbocycles. The minimum Gasteiger partial charge on any atom is -0.463 e. The smallest absolute Gasteiger partial charge is 0.322 e. The van der Waals surface area contributed by atoms with Gasteiger partial charge in [-0.25, -0.2) is 0 Å². The quantitative estimate of drug-likeness (QED) is 0.546. The number of hydrogen-bond acceptors (Lipinski definition) is 6. The number of ether oxygens (including phenoxy) is 1. The number of nitrogens with two attached hydrogens (primary N) is 1. The maximum Gasteiger partial charge on any atom is 0.322 e. The Bertz CT molecular complexity index is 161. The van der Waals surface area contributed by atoms with E-state index in [0.717, 1.165) is 11.5 Å². The topological polar surface area (TPSA) is 55.6 Å². The number of halogens is 2. The van der Waals surface area contributed by atoms with Crippen molar-refractivity contribution in [1.82, 2.24) is 3.71 Å². The summed E-state index contributed by atoms with van der Waals surface area (Å²) in [5, 5.41) is 0. The van der Waals surface area contributed by atoms with E-state index in [0.29, 0.717) is 19.7 Å². The van der Waals surface area contributed by atoms with Crippen LogP contribution in [0.25, 0.3) is 0 Å². The van der Waals surface area contributed by atoms with Crippen molar-refractivity contribution >= 4 is 54.7 Å². The Labute approximate surface area is 118 Å². The van der Waals surface area contributed by atoms with Crippen molar-refractivity contribution in [2.45, 2.75) is 13.8 Å². The lowest BCUT2D eigenvalue weighted by Crippen LogP contribution is -2.23. The van der Waals surface area contributed by atoms with E-state index >= 15 is 0 Å². The Morgan fingerprint density at radius 2 is 1.75 bits per heavy atom. The maximum atomic E-state index is 11.2. The highest BCUT2D eigenvalue weighted by Crippen LogP contribution is 2.20. The van der Waals surface area contributed by atoms with Gasteiger partial charge in [0.1, 0.15) is 13.2 Å². The van der Waals surface area contributed by atoms with Crippen LogP contribution in [0.15, 0.2) is 0 Å². The van der Waals surface area contributed by atoms with Gasteiger partial charge in [0, 0.05) is 18.1 Å². The fourth-order valence-corrected chi connectivity index (χ4v) is 2.64. The fraction of sp³-hybridized carbons (Fsp3) is 0.875. The summed E-state index contributed by atoms with van der Waals surface area (Å²) in [5.74, 6) is 1.70. The van der Waals surface area contributed by atoms with Crippen molar-refractivity contribution in [3.8, 4) is 0 Å². The van der Waals surface area contributed by atoms with E-state index in [9.17, 15) is 4.79 Å². The minimum absolute atomic E-state index is 0. The van der Waals surface area contributed by atoms with Gasteiger partial charge in [-0.05, 0) is 0 Å². The number of carbonyl (C=O) groups is 1. The van der Waals surface area contributed by atoms with Gasteiger partial charge < -0.3 is 10.5 Å². The van der Waals surface area contributed by atoms with Crippen LogP contribution < -0.4 is 5.73 Å². The molecule has 0 aliphatic heterocycles. The van der Waals surface area contributed by atoms with E-state index < -0.39 is 0 Å². The van der Waals surface area contributed by atoms with Crippen LogP contribution in [-0.2, 0) is 9.53 Å². The summed E-state index contributed by atoms with van der Waals surface area (Å²) in [7, 11) is 0. The number of carbonyl (C=O) groups excluding carboxylic acids is 1. The second kappa shape index (κ2) is 15.7. The monoisotopic (exact) mass is 310 g/mol. The second-order valence-corrected chi connectivity index (χ2v) is 5.12. The lowest BCUT2D eigenvalue weighted by molar-refractivity contribution is -0.142. The number of hydrogen-bond donors (Lipinski definition) is 1. The first-order valence-electron chi connectivity index (χ1n) is 4.63. The first-order chi connectivity index (χ1) is 6.74. The van der Waals surface area contributed by atoms with Crippen LogP contribution in [0.2, 0.25) is 0 Å². The van der Waals surface area contributed by atoms with E-state index in [4.69, 9.17) is 10.5 Å².